The quantitative estimate of drug-likeness (QED) is 0.708. The van der Waals surface area contributed by atoms with Crippen LogP contribution in [0.15, 0.2) is 22.6 Å². The van der Waals surface area contributed by atoms with Crippen LogP contribution in [0.3, 0.4) is 0 Å². The van der Waals surface area contributed by atoms with Crippen molar-refractivity contribution < 1.29 is 22.6 Å². The summed E-state index contributed by atoms with van der Waals surface area (Å²) >= 11 is 6.08. The first-order valence-corrected chi connectivity index (χ1v) is 11.9. The predicted molar refractivity (Wildman–Crippen MR) is 109 cm³/mol. The summed E-state index contributed by atoms with van der Waals surface area (Å²) in [7, 11) is -2.79. The number of hydrogen-bond donors (Lipinski definition) is 0. The average Bonchev–Trinajstić information content (AvgIpc) is 3.22. The summed E-state index contributed by atoms with van der Waals surface area (Å²) < 4.78 is 44.0. The van der Waals surface area contributed by atoms with Gasteiger partial charge in [-0.3, -0.25) is 9.59 Å². The second kappa shape index (κ2) is 8.30. The van der Waals surface area contributed by atoms with Crippen LogP contribution in [0.5, 0.6) is 0 Å². The lowest BCUT2D eigenvalue weighted by molar-refractivity contribution is -0.134. The third-order valence-corrected chi connectivity index (χ3v) is 8.38. The lowest BCUT2D eigenvalue weighted by Gasteiger charge is -2.19. The lowest BCUT2D eigenvalue weighted by Crippen LogP contribution is -2.36. The van der Waals surface area contributed by atoms with Crippen LogP contribution in [0, 0.1) is 18.8 Å². The van der Waals surface area contributed by atoms with Crippen LogP contribution in [-0.2, 0) is 25.7 Å². The first kappa shape index (κ1) is 22.2. The Labute approximate surface area is 175 Å². The molecule has 3 rings (SSSR count). The Bertz CT molecular complexity index is 944. The molecule has 0 spiro atoms. The van der Waals surface area contributed by atoms with Gasteiger partial charge < -0.3 is 4.90 Å². The van der Waals surface area contributed by atoms with E-state index in [1.54, 1.807) is 6.07 Å². The van der Waals surface area contributed by atoms with Crippen molar-refractivity contribution in [3.63, 3.8) is 0 Å². The molecule has 2 aliphatic rings. The molecule has 3 atom stereocenters. The van der Waals surface area contributed by atoms with E-state index in [1.807, 2.05) is 19.1 Å². The van der Waals surface area contributed by atoms with E-state index in [0.29, 0.717) is 17.9 Å². The minimum Gasteiger partial charge on any atom is -0.341 e. The summed E-state index contributed by atoms with van der Waals surface area (Å²) in [6.45, 7) is 3.60. The fourth-order valence-electron chi connectivity index (χ4n) is 3.59. The highest BCUT2D eigenvalue weighted by atomic mass is 35.5. The van der Waals surface area contributed by atoms with Gasteiger partial charge in [0.2, 0.25) is 5.91 Å². The van der Waals surface area contributed by atoms with Crippen LogP contribution in [0.2, 0.25) is 5.02 Å². The Kier molecular flexibility index (Phi) is 6.34. The summed E-state index contributed by atoms with van der Waals surface area (Å²) in [5.74, 6) is -6.00. The van der Waals surface area contributed by atoms with Crippen LogP contribution >= 0.6 is 11.6 Å². The van der Waals surface area contributed by atoms with Crippen molar-refractivity contribution in [1.29, 1.82) is 0 Å². The Morgan fingerprint density at radius 3 is 2.62 bits per heavy atom. The number of hydrogen-bond acceptors (Lipinski definition) is 3. The molecule has 0 N–H and O–H groups in total. The van der Waals surface area contributed by atoms with Crippen molar-refractivity contribution in [2.45, 2.75) is 39.0 Å². The van der Waals surface area contributed by atoms with Gasteiger partial charge in [-0.05, 0) is 37.0 Å². The number of aryl methyl sites for hydroxylation is 2. The van der Waals surface area contributed by atoms with E-state index >= 15 is 0 Å². The van der Waals surface area contributed by atoms with Crippen molar-refractivity contribution >= 4 is 33.1 Å². The van der Waals surface area contributed by atoms with Crippen LogP contribution in [0.4, 0.5) is 8.78 Å². The molecule has 1 saturated carbocycles. The second-order valence-electron chi connectivity index (χ2n) is 7.87. The average molecular weight is 447 g/mol. The van der Waals surface area contributed by atoms with Gasteiger partial charge in [-0.2, -0.15) is 4.36 Å². The molecule has 29 heavy (non-hydrogen) atoms. The molecule has 1 aromatic rings. The van der Waals surface area contributed by atoms with Gasteiger partial charge in [0, 0.05) is 42.0 Å². The fourth-order valence-corrected chi connectivity index (χ4v) is 5.73. The summed E-state index contributed by atoms with van der Waals surface area (Å²) in [5.41, 5.74) is 1.85. The molecule has 1 aliphatic carbocycles. The summed E-state index contributed by atoms with van der Waals surface area (Å²) in [5, 5.41) is 0.627. The van der Waals surface area contributed by atoms with Gasteiger partial charge in [0.05, 0.1) is 9.73 Å². The molecule has 2 fully saturated rings. The number of benzene rings is 1. The summed E-state index contributed by atoms with van der Waals surface area (Å²) in [4.78, 5) is 25.9. The zero-order chi connectivity index (χ0) is 21.4. The Balaban J connectivity index is 1.59. The van der Waals surface area contributed by atoms with Crippen molar-refractivity contribution in [1.82, 2.24) is 4.90 Å². The molecule has 0 bridgehead atoms. The standard InChI is InChI=1S/C20H25ClF2N2O3S/c1-13-4-5-15(12-16(13)21)6-7-17(26)24-29(28)10-3-8-25(9-11-29)19(27)18-14(2)20(18,22)23/h4-5,12,14,18H,3,6-11H2,1-2H3/t14-,18+,29?/m1/s1. The van der Waals surface area contributed by atoms with Crippen LogP contribution in [0.1, 0.15) is 30.9 Å². The number of carbonyl (C=O) groups is 2. The normalized spacial score (nSPS) is 28.5. The van der Waals surface area contributed by atoms with E-state index in [2.05, 4.69) is 4.36 Å². The maximum Gasteiger partial charge on any atom is 0.263 e. The topological polar surface area (TPSA) is 66.8 Å². The van der Waals surface area contributed by atoms with E-state index < -0.39 is 39.3 Å². The first-order valence-electron chi connectivity index (χ1n) is 9.70. The number of nitrogens with zero attached hydrogens (tertiary/aromatic N) is 2. The molecule has 1 aliphatic heterocycles. The molecule has 1 heterocycles. The minimum absolute atomic E-state index is 0.0352. The van der Waals surface area contributed by atoms with Gasteiger partial charge in [-0.25, -0.2) is 13.0 Å². The molecule has 160 valence electrons. The monoisotopic (exact) mass is 446 g/mol. The van der Waals surface area contributed by atoms with E-state index in [0.717, 1.165) is 11.1 Å². The SMILES string of the molecule is Cc1ccc(CCC(=O)N=S2(=O)CCCN(C(=O)[C@@H]3[C@@H](C)C3(F)F)CC2)cc1Cl. The number of amides is 2. The zero-order valence-electron chi connectivity index (χ0n) is 16.5. The molecule has 1 aromatic carbocycles. The molecule has 0 radical (unpaired) electrons. The molecule has 5 nitrogen and oxygen atoms in total. The maximum absolute atomic E-state index is 13.5. The van der Waals surface area contributed by atoms with E-state index in [1.165, 1.54) is 11.8 Å². The van der Waals surface area contributed by atoms with Crippen molar-refractivity contribution in [2.24, 2.45) is 16.2 Å². The number of carbonyl (C=O) groups excluding carboxylic acids is 2. The van der Waals surface area contributed by atoms with Gasteiger partial charge in [0.15, 0.2) is 0 Å². The van der Waals surface area contributed by atoms with Crippen LogP contribution in [-0.4, -0.2) is 51.4 Å². The number of rotatable bonds is 4. The lowest BCUT2D eigenvalue weighted by atomic mass is 10.1. The Morgan fingerprint density at radius 2 is 2.00 bits per heavy atom. The molecule has 1 unspecified atom stereocenters. The molecule has 1 saturated heterocycles. The highest BCUT2D eigenvalue weighted by Crippen LogP contribution is 2.55. The fraction of sp³-hybridized carbons (Fsp3) is 0.600. The molecular formula is C20H25ClF2N2O3S. The minimum atomic E-state index is -2.95. The van der Waals surface area contributed by atoms with Crippen molar-refractivity contribution in [3.8, 4) is 0 Å². The van der Waals surface area contributed by atoms with E-state index in [-0.39, 0.29) is 31.0 Å². The number of alkyl halides is 2. The van der Waals surface area contributed by atoms with E-state index in [4.69, 9.17) is 11.6 Å². The molecular weight excluding hydrogens is 422 g/mol. The van der Waals surface area contributed by atoms with Crippen LogP contribution in [0.25, 0.3) is 0 Å². The van der Waals surface area contributed by atoms with E-state index in [9.17, 15) is 22.6 Å². The van der Waals surface area contributed by atoms with Crippen molar-refractivity contribution in [3.05, 3.63) is 34.3 Å². The zero-order valence-corrected chi connectivity index (χ0v) is 18.1. The third kappa shape index (κ3) is 4.97. The van der Waals surface area contributed by atoms with Gasteiger partial charge in [-0.15, -0.1) is 0 Å². The Hall–Kier alpha value is -1.54. The summed E-state index contributed by atoms with van der Waals surface area (Å²) in [6.07, 6.45) is 0.934. The van der Waals surface area contributed by atoms with Gasteiger partial charge >= 0.3 is 0 Å². The largest absolute Gasteiger partial charge is 0.341 e. The second-order valence-corrected chi connectivity index (χ2v) is 10.8. The predicted octanol–water partition coefficient (Wildman–Crippen LogP) is 3.71. The molecule has 9 heteroatoms. The van der Waals surface area contributed by atoms with Crippen LogP contribution < -0.4 is 0 Å². The highest BCUT2D eigenvalue weighted by molar-refractivity contribution is 7.93. The summed E-state index contributed by atoms with van der Waals surface area (Å²) in [6, 6.07) is 5.56. The van der Waals surface area contributed by atoms with Gasteiger partial charge in [0.1, 0.15) is 5.92 Å². The molecule has 2 amide bonds. The smallest absolute Gasteiger partial charge is 0.263 e. The maximum atomic E-state index is 13.5. The van der Waals surface area contributed by atoms with Gasteiger partial charge in [0.25, 0.3) is 11.8 Å². The van der Waals surface area contributed by atoms with Crippen molar-refractivity contribution in [2.75, 3.05) is 24.6 Å². The molecule has 0 aromatic heterocycles. The highest BCUT2D eigenvalue weighted by Gasteiger charge is 2.69. The number of halogens is 3. The first-order chi connectivity index (χ1) is 13.5. The third-order valence-electron chi connectivity index (χ3n) is 5.69. The van der Waals surface area contributed by atoms with Gasteiger partial charge in [-0.1, -0.05) is 30.7 Å². The Morgan fingerprint density at radius 1 is 1.31 bits per heavy atom.